The largest absolute Gasteiger partial charge is 0.497 e. The fourth-order valence-electron chi connectivity index (χ4n) is 1.33. The third-order valence-electron chi connectivity index (χ3n) is 2.04. The van der Waals surface area contributed by atoms with E-state index in [0.717, 1.165) is 0 Å². The fourth-order valence-corrected chi connectivity index (χ4v) is 1.33. The lowest BCUT2D eigenvalue weighted by Crippen LogP contribution is -1.93. The van der Waals surface area contributed by atoms with Crippen LogP contribution in [-0.4, -0.2) is 12.1 Å². The molecule has 88 valence electrons. The molecule has 2 rings (SSSR count). The predicted octanol–water partition coefficient (Wildman–Crippen LogP) is 2.81. The van der Waals surface area contributed by atoms with Gasteiger partial charge in [-0.15, -0.1) is 24.8 Å². The van der Waals surface area contributed by atoms with Gasteiger partial charge in [-0.3, -0.25) is 4.98 Å². The first-order valence-corrected chi connectivity index (χ1v) is 4.10. The van der Waals surface area contributed by atoms with Gasteiger partial charge in [-0.05, 0) is 12.1 Å². The number of fused-ring (bicyclic) bond motifs is 1. The summed E-state index contributed by atoms with van der Waals surface area (Å²) in [5.41, 5.74) is 6.45. The Bertz CT molecular complexity index is 493. The summed E-state index contributed by atoms with van der Waals surface area (Å²) in [6.45, 7) is 0. The molecule has 1 aromatic heterocycles. The van der Waals surface area contributed by atoms with E-state index in [1.807, 2.05) is 0 Å². The summed E-state index contributed by atoms with van der Waals surface area (Å²) >= 11 is 0. The van der Waals surface area contributed by atoms with Crippen LogP contribution in [0.4, 0.5) is 10.1 Å². The topological polar surface area (TPSA) is 48.1 Å². The summed E-state index contributed by atoms with van der Waals surface area (Å²) in [5.74, 6) is 0.0151. The molecule has 0 fully saturated rings. The number of nitrogens with two attached hydrogens (primary N) is 1. The Labute approximate surface area is 105 Å². The van der Waals surface area contributed by atoms with Crippen molar-refractivity contribution >= 4 is 41.4 Å². The van der Waals surface area contributed by atoms with Gasteiger partial charge in [0.05, 0.1) is 7.11 Å². The lowest BCUT2D eigenvalue weighted by Gasteiger charge is -2.05. The van der Waals surface area contributed by atoms with E-state index in [2.05, 4.69) is 4.98 Å². The molecule has 2 aromatic rings. The van der Waals surface area contributed by atoms with Crippen LogP contribution in [0.3, 0.4) is 0 Å². The van der Waals surface area contributed by atoms with Crippen LogP contribution in [0.25, 0.3) is 10.9 Å². The van der Waals surface area contributed by atoms with E-state index in [4.69, 9.17) is 10.5 Å². The zero-order valence-electron chi connectivity index (χ0n) is 8.44. The first-order chi connectivity index (χ1) is 6.72. The lowest BCUT2D eigenvalue weighted by molar-refractivity contribution is 0.412. The Kier molecular flexibility index (Phi) is 5.27. The highest BCUT2D eigenvalue weighted by molar-refractivity contribution is 5.91. The van der Waals surface area contributed by atoms with Crippen molar-refractivity contribution in [1.82, 2.24) is 4.98 Å². The van der Waals surface area contributed by atoms with E-state index >= 15 is 0 Å². The number of methoxy groups -OCH3 is 1. The highest BCUT2D eigenvalue weighted by atomic mass is 35.5. The average molecular weight is 265 g/mol. The minimum Gasteiger partial charge on any atom is -0.497 e. The Morgan fingerprint density at radius 1 is 1.31 bits per heavy atom. The van der Waals surface area contributed by atoms with Gasteiger partial charge >= 0.3 is 0 Å². The molecule has 0 amide bonds. The van der Waals surface area contributed by atoms with Crippen LogP contribution in [0, 0.1) is 5.82 Å². The van der Waals surface area contributed by atoms with Gasteiger partial charge < -0.3 is 10.5 Å². The summed E-state index contributed by atoms with van der Waals surface area (Å²) in [5, 5.41) is 0.573. The molecule has 1 heterocycles. The number of aromatic nitrogens is 1. The summed E-state index contributed by atoms with van der Waals surface area (Å²) in [4.78, 5) is 3.91. The van der Waals surface area contributed by atoms with Crippen molar-refractivity contribution in [2.24, 2.45) is 0 Å². The molecule has 0 saturated carbocycles. The van der Waals surface area contributed by atoms with Gasteiger partial charge in [0.1, 0.15) is 11.3 Å². The van der Waals surface area contributed by atoms with Crippen molar-refractivity contribution in [3.05, 3.63) is 30.2 Å². The number of hydrogen-bond donors (Lipinski definition) is 1. The molecule has 3 nitrogen and oxygen atoms in total. The Morgan fingerprint density at radius 3 is 2.62 bits per heavy atom. The first kappa shape index (κ1) is 14.7. The van der Waals surface area contributed by atoms with Crippen molar-refractivity contribution in [3.63, 3.8) is 0 Å². The maximum absolute atomic E-state index is 13.4. The molecule has 0 radical (unpaired) electrons. The van der Waals surface area contributed by atoms with Gasteiger partial charge in [-0.2, -0.15) is 0 Å². The quantitative estimate of drug-likeness (QED) is 0.862. The van der Waals surface area contributed by atoms with Gasteiger partial charge in [0.15, 0.2) is 5.82 Å². The van der Waals surface area contributed by atoms with Crippen LogP contribution in [-0.2, 0) is 0 Å². The van der Waals surface area contributed by atoms with Gasteiger partial charge in [0.25, 0.3) is 0 Å². The second-order valence-corrected chi connectivity index (χ2v) is 2.91. The Hall–Kier alpha value is -1.26. The van der Waals surface area contributed by atoms with Crippen LogP contribution >= 0.6 is 24.8 Å². The molecule has 6 heteroatoms. The Morgan fingerprint density at radius 2 is 2.00 bits per heavy atom. The van der Waals surface area contributed by atoms with Gasteiger partial charge in [-0.25, -0.2) is 4.39 Å². The third-order valence-corrected chi connectivity index (χ3v) is 2.04. The molecular formula is C10H11Cl2FN2O. The fraction of sp³-hybridized carbons (Fsp3) is 0.100. The summed E-state index contributed by atoms with van der Waals surface area (Å²) in [6.07, 6.45) is 1.48. The maximum Gasteiger partial charge on any atom is 0.153 e. The number of rotatable bonds is 1. The molecule has 0 atom stereocenters. The smallest absolute Gasteiger partial charge is 0.153 e. The van der Waals surface area contributed by atoms with E-state index in [1.165, 1.54) is 19.4 Å². The minimum absolute atomic E-state index is 0. The maximum atomic E-state index is 13.4. The van der Waals surface area contributed by atoms with E-state index in [-0.39, 0.29) is 30.3 Å². The van der Waals surface area contributed by atoms with Crippen LogP contribution in [0.5, 0.6) is 5.75 Å². The summed E-state index contributed by atoms with van der Waals surface area (Å²) in [6, 6.07) is 4.58. The summed E-state index contributed by atoms with van der Waals surface area (Å²) < 4.78 is 18.4. The molecule has 0 bridgehead atoms. The SMILES string of the molecule is COc1cc(F)c2nccc(N)c2c1.Cl.Cl. The molecule has 0 aliphatic rings. The zero-order chi connectivity index (χ0) is 10.1. The monoisotopic (exact) mass is 264 g/mol. The van der Waals surface area contributed by atoms with Crippen LogP contribution in [0.1, 0.15) is 0 Å². The molecular weight excluding hydrogens is 254 g/mol. The molecule has 0 saturated heterocycles. The van der Waals surface area contributed by atoms with Gasteiger partial charge in [0.2, 0.25) is 0 Å². The second-order valence-electron chi connectivity index (χ2n) is 2.91. The van der Waals surface area contributed by atoms with Crippen LogP contribution in [0.2, 0.25) is 0 Å². The number of pyridine rings is 1. The van der Waals surface area contributed by atoms with Crippen molar-refractivity contribution in [2.45, 2.75) is 0 Å². The number of benzene rings is 1. The minimum atomic E-state index is -0.424. The third kappa shape index (κ3) is 2.46. The van der Waals surface area contributed by atoms with Crippen molar-refractivity contribution in [1.29, 1.82) is 0 Å². The molecule has 0 spiro atoms. The van der Waals surface area contributed by atoms with Crippen molar-refractivity contribution in [2.75, 3.05) is 12.8 Å². The zero-order valence-corrected chi connectivity index (χ0v) is 10.1. The molecule has 16 heavy (non-hydrogen) atoms. The van der Waals surface area contributed by atoms with E-state index in [0.29, 0.717) is 16.8 Å². The second kappa shape index (κ2) is 5.72. The molecule has 0 aliphatic carbocycles. The number of nitrogens with zero attached hydrogens (tertiary/aromatic N) is 1. The molecule has 2 N–H and O–H groups in total. The lowest BCUT2D eigenvalue weighted by atomic mass is 10.2. The standard InChI is InChI=1S/C10H9FN2O.2ClH/c1-14-6-4-7-9(12)2-3-13-10(7)8(11)5-6;;/h2-5H,1H3,(H2,12,13);2*1H. The van der Waals surface area contributed by atoms with Gasteiger partial charge in [-0.1, -0.05) is 0 Å². The first-order valence-electron chi connectivity index (χ1n) is 4.10. The van der Waals surface area contributed by atoms with Crippen LogP contribution in [0.15, 0.2) is 24.4 Å². The Balaban J connectivity index is 0.00000112. The van der Waals surface area contributed by atoms with E-state index < -0.39 is 5.82 Å². The predicted molar refractivity (Wildman–Crippen MR) is 67.2 cm³/mol. The number of hydrogen-bond acceptors (Lipinski definition) is 3. The average Bonchev–Trinajstić information content (AvgIpc) is 2.19. The molecule has 0 aliphatic heterocycles. The number of anilines is 1. The molecule has 1 aromatic carbocycles. The number of halogens is 3. The summed E-state index contributed by atoms with van der Waals surface area (Å²) in [7, 11) is 1.48. The van der Waals surface area contributed by atoms with Crippen molar-refractivity contribution < 1.29 is 9.13 Å². The van der Waals surface area contributed by atoms with Crippen molar-refractivity contribution in [3.8, 4) is 5.75 Å². The molecule has 0 unspecified atom stereocenters. The van der Waals surface area contributed by atoms with Crippen LogP contribution < -0.4 is 10.5 Å². The number of ether oxygens (including phenoxy) is 1. The van der Waals surface area contributed by atoms with E-state index in [1.54, 1.807) is 12.1 Å². The van der Waals surface area contributed by atoms with Gasteiger partial charge in [0, 0.05) is 23.3 Å². The van der Waals surface area contributed by atoms with E-state index in [9.17, 15) is 4.39 Å². The number of nitrogen functional groups attached to an aromatic ring is 1. The normalized spacial score (nSPS) is 9.12. The highest BCUT2D eigenvalue weighted by Crippen LogP contribution is 2.26. The highest BCUT2D eigenvalue weighted by Gasteiger charge is 2.07.